The number of hydrazine groups is 1. The van der Waals surface area contributed by atoms with E-state index < -0.39 is 17.8 Å². The molecule has 2 N–H and O–H groups in total. The van der Waals surface area contributed by atoms with Crippen LogP contribution in [0.5, 0.6) is 5.75 Å². The van der Waals surface area contributed by atoms with E-state index in [2.05, 4.69) is 15.6 Å². The van der Waals surface area contributed by atoms with Gasteiger partial charge in [0.15, 0.2) is 6.61 Å². The molecule has 8 heteroatoms. The molecule has 0 saturated carbocycles. The Labute approximate surface area is 132 Å². The van der Waals surface area contributed by atoms with Crippen LogP contribution in [0, 0.1) is 0 Å². The van der Waals surface area contributed by atoms with Gasteiger partial charge in [0.05, 0.1) is 6.61 Å². The van der Waals surface area contributed by atoms with Crippen LogP contribution < -0.4 is 15.6 Å². The third-order valence-electron chi connectivity index (χ3n) is 2.17. The first-order valence-electron chi connectivity index (χ1n) is 6.33. The summed E-state index contributed by atoms with van der Waals surface area (Å²) < 4.78 is 9.76. The fourth-order valence-electron chi connectivity index (χ4n) is 1.22. The molecule has 1 aromatic carbocycles. The Kier molecular flexibility index (Phi) is 7.49. The SMILES string of the molecule is CCOC(=O)C=CC(=O)NNC(=O)COc1ccc(Cl)cc1. The van der Waals surface area contributed by atoms with E-state index in [0.29, 0.717) is 10.8 Å². The third kappa shape index (κ3) is 7.30. The lowest BCUT2D eigenvalue weighted by atomic mass is 10.3. The van der Waals surface area contributed by atoms with Gasteiger partial charge in [0, 0.05) is 17.2 Å². The summed E-state index contributed by atoms with van der Waals surface area (Å²) in [6.07, 6.45) is 1.90. The molecule has 0 heterocycles. The van der Waals surface area contributed by atoms with Gasteiger partial charge in [-0.15, -0.1) is 0 Å². The van der Waals surface area contributed by atoms with Crippen molar-refractivity contribution < 1.29 is 23.9 Å². The first-order chi connectivity index (χ1) is 10.5. The molecule has 0 saturated heterocycles. The van der Waals surface area contributed by atoms with E-state index >= 15 is 0 Å². The van der Waals surface area contributed by atoms with Crippen molar-refractivity contribution in [1.82, 2.24) is 10.9 Å². The minimum Gasteiger partial charge on any atom is -0.484 e. The van der Waals surface area contributed by atoms with Gasteiger partial charge >= 0.3 is 5.97 Å². The van der Waals surface area contributed by atoms with E-state index in [4.69, 9.17) is 16.3 Å². The maximum Gasteiger partial charge on any atom is 0.330 e. The number of esters is 1. The zero-order valence-corrected chi connectivity index (χ0v) is 12.6. The third-order valence-corrected chi connectivity index (χ3v) is 2.42. The molecule has 0 radical (unpaired) electrons. The number of halogens is 1. The van der Waals surface area contributed by atoms with Crippen LogP contribution in [-0.2, 0) is 19.1 Å². The summed E-state index contributed by atoms with van der Waals surface area (Å²) in [5.74, 6) is -1.41. The van der Waals surface area contributed by atoms with Crippen molar-refractivity contribution in [2.45, 2.75) is 6.92 Å². The van der Waals surface area contributed by atoms with Crippen LogP contribution in [0.3, 0.4) is 0 Å². The van der Waals surface area contributed by atoms with Gasteiger partial charge in [0.1, 0.15) is 5.75 Å². The molecule has 1 rings (SSSR count). The van der Waals surface area contributed by atoms with E-state index in [1.54, 1.807) is 31.2 Å². The number of ether oxygens (including phenoxy) is 2. The lowest BCUT2D eigenvalue weighted by molar-refractivity contribution is -0.137. The second kappa shape index (κ2) is 9.41. The molecular formula is C14H15ClN2O5. The highest BCUT2D eigenvalue weighted by atomic mass is 35.5. The number of amides is 2. The zero-order chi connectivity index (χ0) is 16.4. The molecule has 0 spiro atoms. The molecule has 0 aliphatic carbocycles. The number of carbonyl (C=O) groups is 3. The lowest BCUT2D eigenvalue weighted by Gasteiger charge is -2.07. The van der Waals surface area contributed by atoms with E-state index in [9.17, 15) is 14.4 Å². The average molecular weight is 327 g/mol. The van der Waals surface area contributed by atoms with E-state index in [0.717, 1.165) is 12.2 Å². The Morgan fingerprint density at radius 3 is 2.45 bits per heavy atom. The summed E-state index contributed by atoms with van der Waals surface area (Å²) in [5.41, 5.74) is 4.22. The fraction of sp³-hybridized carbons (Fsp3) is 0.214. The maximum atomic E-state index is 11.4. The molecule has 0 aliphatic heterocycles. The van der Waals surface area contributed by atoms with Crippen molar-refractivity contribution in [3.63, 3.8) is 0 Å². The second-order valence-electron chi connectivity index (χ2n) is 3.87. The highest BCUT2D eigenvalue weighted by Crippen LogP contribution is 2.15. The number of benzene rings is 1. The van der Waals surface area contributed by atoms with E-state index in [1.807, 2.05) is 0 Å². The summed E-state index contributed by atoms with van der Waals surface area (Å²) in [6.45, 7) is 1.57. The number of carbonyl (C=O) groups excluding carboxylic acids is 3. The first-order valence-corrected chi connectivity index (χ1v) is 6.71. The molecule has 0 aromatic heterocycles. The van der Waals surface area contributed by atoms with Crippen LogP contribution in [0.15, 0.2) is 36.4 Å². The van der Waals surface area contributed by atoms with Gasteiger partial charge in [-0.05, 0) is 31.2 Å². The van der Waals surface area contributed by atoms with Gasteiger partial charge in [-0.25, -0.2) is 4.79 Å². The smallest absolute Gasteiger partial charge is 0.330 e. The van der Waals surface area contributed by atoms with Crippen LogP contribution in [0.25, 0.3) is 0 Å². The number of nitrogens with one attached hydrogen (secondary N) is 2. The predicted octanol–water partition coefficient (Wildman–Crippen LogP) is 0.986. The van der Waals surface area contributed by atoms with Crippen molar-refractivity contribution in [3.05, 3.63) is 41.4 Å². The normalized spacial score (nSPS) is 10.1. The molecule has 1 aromatic rings. The van der Waals surface area contributed by atoms with Gasteiger partial charge in [-0.3, -0.25) is 20.4 Å². The van der Waals surface area contributed by atoms with E-state index in [1.165, 1.54) is 0 Å². The minimum absolute atomic E-state index is 0.212. The molecule has 0 fully saturated rings. The van der Waals surface area contributed by atoms with Crippen LogP contribution in [0.1, 0.15) is 6.92 Å². The number of hydrogen-bond acceptors (Lipinski definition) is 5. The quantitative estimate of drug-likeness (QED) is 0.462. The molecule has 2 amide bonds. The number of hydrogen-bond donors (Lipinski definition) is 2. The zero-order valence-electron chi connectivity index (χ0n) is 11.8. The summed E-state index contributed by atoms with van der Waals surface area (Å²) in [6, 6.07) is 6.46. The van der Waals surface area contributed by atoms with Gasteiger partial charge in [-0.2, -0.15) is 0 Å². The molecule has 0 atom stereocenters. The van der Waals surface area contributed by atoms with Crippen molar-refractivity contribution in [3.8, 4) is 5.75 Å². The molecule has 22 heavy (non-hydrogen) atoms. The Balaban J connectivity index is 2.26. The summed E-state index contributed by atoms with van der Waals surface area (Å²) in [5, 5.41) is 0.553. The second-order valence-corrected chi connectivity index (χ2v) is 4.30. The van der Waals surface area contributed by atoms with Crippen molar-refractivity contribution in [2.24, 2.45) is 0 Å². The molecule has 0 unspecified atom stereocenters. The molecule has 0 bridgehead atoms. The Morgan fingerprint density at radius 2 is 1.82 bits per heavy atom. The van der Waals surface area contributed by atoms with Crippen LogP contribution >= 0.6 is 11.6 Å². The summed E-state index contributed by atoms with van der Waals surface area (Å²) in [4.78, 5) is 33.7. The average Bonchev–Trinajstić information content (AvgIpc) is 2.50. The Morgan fingerprint density at radius 1 is 1.14 bits per heavy atom. The van der Waals surface area contributed by atoms with Crippen molar-refractivity contribution in [1.29, 1.82) is 0 Å². The standard InChI is InChI=1S/C14H15ClN2O5/c1-2-21-14(20)8-7-12(18)16-17-13(19)9-22-11-5-3-10(15)4-6-11/h3-8H,2,9H2,1H3,(H,16,18)(H,17,19). The Hall–Kier alpha value is -2.54. The largest absolute Gasteiger partial charge is 0.484 e. The molecule has 7 nitrogen and oxygen atoms in total. The van der Waals surface area contributed by atoms with Crippen LogP contribution in [0.4, 0.5) is 0 Å². The lowest BCUT2D eigenvalue weighted by Crippen LogP contribution is -2.43. The van der Waals surface area contributed by atoms with Gasteiger partial charge in [0.2, 0.25) is 0 Å². The number of rotatable bonds is 6. The first kappa shape index (κ1) is 17.5. The molecule has 0 aliphatic rings. The maximum absolute atomic E-state index is 11.4. The van der Waals surface area contributed by atoms with Crippen molar-refractivity contribution >= 4 is 29.4 Å². The van der Waals surface area contributed by atoms with Gasteiger partial charge < -0.3 is 9.47 Å². The predicted molar refractivity (Wildman–Crippen MR) is 79.0 cm³/mol. The minimum atomic E-state index is -0.673. The molecular weight excluding hydrogens is 312 g/mol. The highest BCUT2D eigenvalue weighted by molar-refractivity contribution is 6.30. The monoisotopic (exact) mass is 326 g/mol. The summed E-state index contributed by atoms with van der Waals surface area (Å²) >= 11 is 5.71. The topological polar surface area (TPSA) is 93.7 Å². The molecule has 118 valence electrons. The van der Waals surface area contributed by atoms with Crippen LogP contribution in [0.2, 0.25) is 5.02 Å². The highest BCUT2D eigenvalue weighted by Gasteiger charge is 2.04. The Bertz CT molecular complexity index is 557. The van der Waals surface area contributed by atoms with Gasteiger partial charge in [-0.1, -0.05) is 11.6 Å². The van der Waals surface area contributed by atoms with Crippen LogP contribution in [-0.4, -0.2) is 31.0 Å². The van der Waals surface area contributed by atoms with Gasteiger partial charge in [0.25, 0.3) is 11.8 Å². The fourth-order valence-corrected chi connectivity index (χ4v) is 1.35. The van der Waals surface area contributed by atoms with Crippen molar-refractivity contribution in [2.75, 3.05) is 13.2 Å². The summed E-state index contributed by atoms with van der Waals surface area (Å²) in [7, 11) is 0. The van der Waals surface area contributed by atoms with E-state index in [-0.39, 0.29) is 13.2 Å².